The quantitative estimate of drug-likeness (QED) is 0.670. The Hall–Kier alpha value is -2.57. The number of fused-ring (bicyclic) bond motifs is 1. The molecule has 0 spiro atoms. The molecule has 3 aromatic rings. The second-order valence-corrected chi connectivity index (χ2v) is 8.75. The number of nitrogens with one attached hydrogen (secondary N) is 1. The predicted octanol–water partition coefficient (Wildman–Crippen LogP) is 4.63. The standard InChI is InChI=1S/C22H20N2O2S2/c1-15-4-6-16(7-5-15)13-24-19-11-17(8-9-20(19)28-14-21(24)25)22(26)23-12-18-3-2-10-27-18/h2-11H,12-14H2,1H3,(H,23,26). The SMILES string of the molecule is Cc1ccc(CN2C(=O)CSc3ccc(C(=O)NCc4cccs4)cc32)cc1. The fourth-order valence-corrected chi connectivity index (χ4v) is 4.64. The zero-order valence-electron chi connectivity index (χ0n) is 15.5. The zero-order chi connectivity index (χ0) is 19.5. The van der Waals surface area contributed by atoms with Crippen LogP contribution in [0, 0.1) is 6.92 Å². The average Bonchev–Trinajstić information content (AvgIpc) is 3.23. The lowest BCUT2D eigenvalue weighted by Crippen LogP contribution is -2.35. The first kappa shape index (κ1) is 18.8. The third-order valence-electron chi connectivity index (χ3n) is 4.63. The van der Waals surface area contributed by atoms with Crippen LogP contribution in [0.2, 0.25) is 0 Å². The maximum atomic E-state index is 12.6. The van der Waals surface area contributed by atoms with Crippen molar-refractivity contribution in [1.82, 2.24) is 5.32 Å². The molecule has 28 heavy (non-hydrogen) atoms. The minimum atomic E-state index is -0.130. The summed E-state index contributed by atoms with van der Waals surface area (Å²) in [5, 5.41) is 4.94. The van der Waals surface area contributed by atoms with Crippen molar-refractivity contribution in [1.29, 1.82) is 0 Å². The van der Waals surface area contributed by atoms with Gasteiger partial charge in [0.25, 0.3) is 5.91 Å². The summed E-state index contributed by atoms with van der Waals surface area (Å²) in [6.45, 7) is 3.06. The Morgan fingerprint density at radius 3 is 2.71 bits per heavy atom. The summed E-state index contributed by atoms with van der Waals surface area (Å²) in [4.78, 5) is 29.1. The number of thioether (sulfide) groups is 1. The molecule has 4 nitrogen and oxygen atoms in total. The molecule has 1 aliphatic heterocycles. The second kappa shape index (κ2) is 8.20. The molecule has 0 radical (unpaired) electrons. The number of benzene rings is 2. The van der Waals surface area contributed by atoms with E-state index in [1.54, 1.807) is 16.2 Å². The van der Waals surface area contributed by atoms with E-state index in [1.807, 2.05) is 66.9 Å². The molecule has 2 heterocycles. The van der Waals surface area contributed by atoms with Gasteiger partial charge in [-0.15, -0.1) is 23.1 Å². The van der Waals surface area contributed by atoms with Gasteiger partial charge in [-0.3, -0.25) is 9.59 Å². The van der Waals surface area contributed by atoms with Gasteiger partial charge in [0.15, 0.2) is 0 Å². The Morgan fingerprint density at radius 2 is 1.96 bits per heavy atom. The monoisotopic (exact) mass is 408 g/mol. The fraction of sp³-hybridized carbons (Fsp3) is 0.182. The lowest BCUT2D eigenvalue weighted by molar-refractivity contribution is -0.116. The molecule has 2 aromatic carbocycles. The van der Waals surface area contributed by atoms with Crippen molar-refractivity contribution < 1.29 is 9.59 Å². The third-order valence-corrected chi connectivity index (χ3v) is 6.55. The highest BCUT2D eigenvalue weighted by atomic mass is 32.2. The van der Waals surface area contributed by atoms with E-state index in [0.717, 1.165) is 21.0 Å². The highest BCUT2D eigenvalue weighted by molar-refractivity contribution is 8.00. The van der Waals surface area contributed by atoms with Gasteiger partial charge in [0.05, 0.1) is 24.5 Å². The molecule has 1 aliphatic rings. The minimum Gasteiger partial charge on any atom is -0.347 e. The highest BCUT2D eigenvalue weighted by Gasteiger charge is 2.26. The van der Waals surface area contributed by atoms with Gasteiger partial charge in [0.2, 0.25) is 5.91 Å². The van der Waals surface area contributed by atoms with Gasteiger partial charge in [-0.1, -0.05) is 35.9 Å². The van der Waals surface area contributed by atoms with E-state index in [2.05, 4.69) is 5.32 Å². The number of aryl methyl sites for hydroxylation is 1. The molecule has 0 fully saturated rings. The summed E-state index contributed by atoms with van der Waals surface area (Å²) in [5.74, 6) is 0.353. The van der Waals surface area contributed by atoms with Crippen molar-refractivity contribution in [2.24, 2.45) is 0 Å². The maximum absolute atomic E-state index is 12.6. The largest absolute Gasteiger partial charge is 0.347 e. The smallest absolute Gasteiger partial charge is 0.251 e. The molecule has 0 unspecified atom stereocenters. The van der Waals surface area contributed by atoms with Crippen LogP contribution in [0.15, 0.2) is 64.9 Å². The van der Waals surface area contributed by atoms with Crippen LogP contribution in [0.1, 0.15) is 26.4 Å². The summed E-state index contributed by atoms with van der Waals surface area (Å²) in [6, 6.07) is 17.7. The number of thiophene rings is 1. The van der Waals surface area contributed by atoms with Crippen LogP contribution in [0.4, 0.5) is 5.69 Å². The Bertz CT molecular complexity index is 998. The number of rotatable bonds is 5. The molecule has 1 N–H and O–H groups in total. The summed E-state index contributed by atoms with van der Waals surface area (Å²) in [6.07, 6.45) is 0. The first-order valence-electron chi connectivity index (χ1n) is 9.03. The number of carbonyl (C=O) groups is 2. The van der Waals surface area contributed by atoms with Crippen molar-refractivity contribution in [2.45, 2.75) is 24.9 Å². The van der Waals surface area contributed by atoms with Crippen LogP contribution in [0.5, 0.6) is 0 Å². The lowest BCUT2D eigenvalue weighted by Gasteiger charge is -2.29. The van der Waals surface area contributed by atoms with Crippen molar-refractivity contribution in [3.05, 3.63) is 81.5 Å². The number of carbonyl (C=O) groups excluding carboxylic acids is 2. The Balaban J connectivity index is 1.56. The number of hydrogen-bond donors (Lipinski definition) is 1. The molecule has 0 saturated heterocycles. The Morgan fingerprint density at radius 1 is 1.14 bits per heavy atom. The van der Waals surface area contributed by atoms with E-state index in [1.165, 1.54) is 17.3 Å². The van der Waals surface area contributed by atoms with Gasteiger partial charge in [-0.25, -0.2) is 0 Å². The summed E-state index contributed by atoms with van der Waals surface area (Å²) in [5.41, 5.74) is 3.64. The van der Waals surface area contributed by atoms with Crippen molar-refractivity contribution in [3.63, 3.8) is 0 Å². The zero-order valence-corrected chi connectivity index (χ0v) is 17.1. The van der Waals surface area contributed by atoms with E-state index in [9.17, 15) is 9.59 Å². The molecule has 0 aliphatic carbocycles. The minimum absolute atomic E-state index is 0.0641. The molecule has 2 amide bonds. The van der Waals surface area contributed by atoms with Gasteiger partial charge < -0.3 is 10.2 Å². The van der Waals surface area contributed by atoms with Crippen LogP contribution < -0.4 is 10.2 Å². The van der Waals surface area contributed by atoms with Crippen molar-refractivity contribution in [3.8, 4) is 0 Å². The lowest BCUT2D eigenvalue weighted by atomic mass is 10.1. The van der Waals surface area contributed by atoms with Gasteiger partial charge in [0, 0.05) is 15.3 Å². The Kier molecular flexibility index (Phi) is 5.50. The number of anilines is 1. The fourth-order valence-electron chi connectivity index (χ4n) is 3.08. The van der Waals surface area contributed by atoms with Crippen molar-refractivity contribution in [2.75, 3.05) is 10.7 Å². The van der Waals surface area contributed by atoms with E-state index < -0.39 is 0 Å². The second-order valence-electron chi connectivity index (χ2n) is 6.70. The van der Waals surface area contributed by atoms with Gasteiger partial charge in [-0.2, -0.15) is 0 Å². The molecule has 0 saturated carbocycles. The predicted molar refractivity (Wildman–Crippen MR) is 115 cm³/mol. The summed E-state index contributed by atoms with van der Waals surface area (Å²) >= 11 is 3.14. The van der Waals surface area contributed by atoms with Crippen LogP contribution in [-0.4, -0.2) is 17.6 Å². The maximum Gasteiger partial charge on any atom is 0.251 e. The number of amides is 2. The first-order valence-corrected chi connectivity index (χ1v) is 10.9. The van der Waals surface area contributed by atoms with Crippen LogP contribution >= 0.6 is 23.1 Å². The normalized spacial score (nSPS) is 13.3. The van der Waals surface area contributed by atoms with Crippen LogP contribution in [-0.2, 0) is 17.9 Å². The van der Waals surface area contributed by atoms with E-state index in [4.69, 9.17) is 0 Å². The van der Waals surface area contributed by atoms with E-state index in [-0.39, 0.29) is 11.8 Å². The molecule has 1 aromatic heterocycles. The first-order chi connectivity index (χ1) is 13.6. The van der Waals surface area contributed by atoms with Crippen molar-refractivity contribution >= 4 is 40.6 Å². The molecule has 6 heteroatoms. The molecule has 0 atom stereocenters. The molecular weight excluding hydrogens is 388 g/mol. The van der Waals surface area contributed by atoms with Gasteiger partial charge in [0.1, 0.15) is 0 Å². The highest BCUT2D eigenvalue weighted by Crippen LogP contribution is 2.37. The molecular formula is C22H20N2O2S2. The summed E-state index contributed by atoms with van der Waals surface area (Å²) in [7, 11) is 0. The van der Waals surface area contributed by atoms with Crippen LogP contribution in [0.3, 0.4) is 0 Å². The van der Waals surface area contributed by atoms with Gasteiger partial charge >= 0.3 is 0 Å². The molecule has 4 rings (SSSR count). The van der Waals surface area contributed by atoms with Crippen LogP contribution in [0.25, 0.3) is 0 Å². The number of hydrogen-bond acceptors (Lipinski definition) is 4. The third kappa shape index (κ3) is 4.13. The number of nitrogens with zero attached hydrogens (tertiary/aromatic N) is 1. The topological polar surface area (TPSA) is 49.4 Å². The molecule has 142 valence electrons. The average molecular weight is 409 g/mol. The van der Waals surface area contributed by atoms with E-state index in [0.29, 0.717) is 24.4 Å². The van der Waals surface area contributed by atoms with E-state index >= 15 is 0 Å². The molecule has 0 bridgehead atoms. The summed E-state index contributed by atoms with van der Waals surface area (Å²) < 4.78 is 0. The van der Waals surface area contributed by atoms with Gasteiger partial charge in [-0.05, 0) is 42.1 Å². The Labute approximate surface area is 172 Å².